The zero-order chi connectivity index (χ0) is 12.3. The number of nitrogens with zero attached hydrogens (tertiary/aromatic N) is 3. The number of rotatable bonds is 3. The van der Waals surface area contributed by atoms with Crippen LogP contribution >= 0.6 is 0 Å². The lowest BCUT2D eigenvalue weighted by Gasteiger charge is -2.29. The summed E-state index contributed by atoms with van der Waals surface area (Å²) in [5, 5.41) is 0. The lowest BCUT2D eigenvalue weighted by molar-refractivity contribution is 0.0699. The predicted octanol–water partition coefficient (Wildman–Crippen LogP) is 0.676. The van der Waals surface area contributed by atoms with Gasteiger partial charge in [0, 0.05) is 25.5 Å². The molecule has 2 atom stereocenters. The Labute approximate surface area is 101 Å². The summed E-state index contributed by atoms with van der Waals surface area (Å²) in [5.74, 6) is 0.407. The van der Waals surface area contributed by atoms with Crippen LogP contribution in [0.5, 0.6) is 0 Å². The maximum Gasteiger partial charge on any atom is 0.256 e. The molecule has 1 heterocycles. The van der Waals surface area contributed by atoms with Crippen LogP contribution in [-0.4, -0.2) is 40.4 Å². The second-order valence-corrected chi connectivity index (χ2v) is 4.54. The molecule has 2 rings (SSSR count). The fourth-order valence-corrected chi connectivity index (χ4v) is 2.57. The van der Waals surface area contributed by atoms with Crippen LogP contribution in [0.3, 0.4) is 0 Å². The summed E-state index contributed by atoms with van der Waals surface area (Å²) in [5.41, 5.74) is 6.28. The van der Waals surface area contributed by atoms with Gasteiger partial charge in [0.15, 0.2) is 0 Å². The van der Waals surface area contributed by atoms with Crippen molar-refractivity contribution in [3.63, 3.8) is 0 Å². The number of carbonyl (C=O) groups is 1. The SMILES string of the molecule is CN(C(=O)c1cncnc1)C1CCCC1CN. The summed E-state index contributed by atoms with van der Waals surface area (Å²) < 4.78 is 0. The van der Waals surface area contributed by atoms with Gasteiger partial charge in [-0.05, 0) is 25.3 Å². The van der Waals surface area contributed by atoms with E-state index in [1.807, 2.05) is 7.05 Å². The molecule has 0 bridgehead atoms. The third-order valence-corrected chi connectivity index (χ3v) is 3.55. The van der Waals surface area contributed by atoms with Crippen molar-refractivity contribution in [3.05, 3.63) is 24.3 Å². The second-order valence-electron chi connectivity index (χ2n) is 4.54. The molecule has 2 unspecified atom stereocenters. The Kier molecular flexibility index (Phi) is 3.68. The molecule has 0 spiro atoms. The van der Waals surface area contributed by atoms with Crippen molar-refractivity contribution in [1.29, 1.82) is 0 Å². The molecule has 1 saturated carbocycles. The summed E-state index contributed by atoms with van der Waals surface area (Å²) in [7, 11) is 1.84. The number of carbonyl (C=O) groups excluding carboxylic acids is 1. The fourth-order valence-electron chi connectivity index (χ4n) is 2.57. The number of hydrogen-bond donors (Lipinski definition) is 1. The summed E-state index contributed by atoms with van der Waals surface area (Å²) >= 11 is 0. The zero-order valence-corrected chi connectivity index (χ0v) is 10.0. The largest absolute Gasteiger partial charge is 0.338 e. The van der Waals surface area contributed by atoms with Gasteiger partial charge in [0.2, 0.25) is 0 Å². The molecule has 1 aromatic rings. The van der Waals surface area contributed by atoms with E-state index in [2.05, 4.69) is 9.97 Å². The maximum atomic E-state index is 12.2. The van der Waals surface area contributed by atoms with Crippen molar-refractivity contribution in [1.82, 2.24) is 14.9 Å². The van der Waals surface area contributed by atoms with Crippen LogP contribution < -0.4 is 5.73 Å². The van der Waals surface area contributed by atoms with Gasteiger partial charge in [-0.15, -0.1) is 0 Å². The standard InChI is InChI=1S/C12H18N4O/c1-16(11-4-2-3-9(11)5-13)12(17)10-6-14-8-15-7-10/h6-9,11H,2-5,13H2,1H3. The molecule has 1 aliphatic carbocycles. The Morgan fingerprint density at radius 1 is 1.47 bits per heavy atom. The monoisotopic (exact) mass is 234 g/mol. The molecule has 0 saturated heterocycles. The highest BCUT2D eigenvalue weighted by Crippen LogP contribution is 2.29. The van der Waals surface area contributed by atoms with Crippen molar-refractivity contribution in [2.45, 2.75) is 25.3 Å². The quantitative estimate of drug-likeness (QED) is 0.834. The number of aromatic nitrogens is 2. The first-order chi connectivity index (χ1) is 8.24. The Balaban J connectivity index is 2.10. The third-order valence-electron chi connectivity index (χ3n) is 3.55. The average molecular weight is 234 g/mol. The van der Waals surface area contributed by atoms with Crippen molar-refractivity contribution >= 4 is 5.91 Å². The molecule has 0 aliphatic heterocycles. The number of nitrogens with two attached hydrogens (primary N) is 1. The van der Waals surface area contributed by atoms with Gasteiger partial charge in [0.05, 0.1) is 5.56 Å². The van der Waals surface area contributed by atoms with Crippen LogP contribution in [0.1, 0.15) is 29.6 Å². The van der Waals surface area contributed by atoms with E-state index in [0.29, 0.717) is 18.0 Å². The molecule has 17 heavy (non-hydrogen) atoms. The molecule has 5 heteroatoms. The van der Waals surface area contributed by atoms with E-state index in [4.69, 9.17) is 5.73 Å². The van der Waals surface area contributed by atoms with E-state index in [0.717, 1.165) is 19.3 Å². The zero-order valence-electron chi connectivity index (χ0n) is 10.0. The maximum absolute atomic E-state index is 12.2. The smallest absolute Gasteiger partial charge is 0.256 e. The Morgan fingerprint density at radius 3 is 2.82 bits per heavy atom. The molecular weight excluding hydrogens is 216 g/mol. The van der Waals surface area contributed by atoms with E-state index < -0.39 is 0 Å². The minimum atomic E-state index is -0.0176. The lowest BCUT2D eigenvalue weighted by atomic mass is 10.0. The first kappa shape index (κ1) is 12.0. The van der Waals surface area contributed by atoms with Crippen LogP contribution in [0.15, 0.2) is 18.7 Å². The van der Waals surface area contributed by atoms with Crippen LogP contribution in [-0.2, 0) is 0 Å². The van der Waals surface area contributed by atoms with Crippen molar-refractivity contribution in [2.75, 3.05) is 13.6 Å². The fraction of sp³-hybridized carbons (Fsp3) is 0.583. The minimum absolute atomic E-state index is 0.0176. The average Bonchev–Trinajstić information content (AvgIpc) is 2.86. The second kappa shape index (κ2) is 5.23. The summed E-state index contributed by atoms with van der Waals surface area (Å²) in [6.45, 7) is 0.646. The third kappa shape index (κ3) is 2.44. The Bertz CT molecular complexity index is 381. The van der Waals surface area contributed by atoms with E-state index >= 15 is 0 Å². The van der Waals surface area contributed by atoms with Crippen LogP contribution in [0.2, 0.25) is 0 Å². The molecule has 92 valence electrons. The molecule has 1 aromatic heterocycles. The van der Waals surface area contributed by atoms with Crippen LogP contribution in [0.4, 0.5) is 0 Å². The van der Waals surface area contributed by atoms with Crippen molar-refractivity contribution in [3.8, 4) is 0 Å². The molecule has 0 radical (unpaired) electrons. The summed E-state index contributed by atoms with van der Waals surface area (Å²) in [6, 6.07) is 0.257. The van der Waals surface area contributed by atoms with Gasteiger partial charge in [0.25, 0.3) is 5.91 Å². The topological polar surface area (TPSA) is 72.1 Å². The normalized spacial score (nSPS) is 23.6. The first-order valence-corrected chi connectivity index (χ1v) is 5.96. The Morgan fingerprint density at radius 2 is 2.18 bits per heavy atom. The highest BCUT2D eigenvalue weighted by Gasteiger charge is 2.32. The molecular formula is C12H18N4O. The van der Waals surface area contributed by atoms with Gasteiger partial charge in [-0.25, -0.2) is 9.97 Å². The van der Waals surface area contributed by atoms with Crippen LogP contribution in [0.25, 0.3) is 0 Å². The van der Waals surface area contributed by atoms with Crippen molar-refractivity contribution in [2.24, 2.45) is 11.7 Å². The predicted molar refractivity (Wildman–Crippen MR) is 64.3 cm³/mol. The van der Waals surface area contributed by atoms with Gasteiger partial charge in [-0.1, -0.05) is 6.42 Å². The summed E-state index contributed by atoms with van der Waals surface area (Å²) in [4.78, 5) is 21.7. The van der Waals surface area contributed by atoms with E-state index in [9.17, 15) is 4.79 Å². The highest BCUT2D eigenvalue weighted by atomic mass is 16.2. The van der Waals surface area contributed by atoms with E-state index in [1.54, 1.807) is 17.3 Å². The summed E-state index contributed by atoms with van der Waals surface area (Å²) in [6.07, 6.45) is 7.84. The van der Waals surface area contributed by atoms with Gasteiger partial charge in [-0.2, -0.15) is 0 Å². The van der Waals surface area contributed by atoms with Gasteiger partial charge in [0.1, 0.15) is 6.33 Å². The van der Waals surface area contributed by atoms with Crippen LogP contribution in [0, 0.1) is 5.92 Å². The molecule has 1 aliphatic rings. The molecule has 1 fully saturated rings. The van der Waals surface area contributed by atoms with Gasteiger partial charge >= 0.3 is 0 Å². The number of hydrogen-bond acceptors (Lipinski definition) is 4. The van der Waals surface area contributed by atoms with E-state index in [1.165, 1.54) is 6.33 Å². The molecule has 1 amide bonds. The highest BCUT2D eigenvalue weighted by molar-refractivity contribution is 5.93. The van der Waals surface area contributed by atoms with Crippen molar-refractivity contribution < 1.29 is 4.79 Å². The molecule has 2 N–H and O–H groups in total. The van der Waals surface area contributed by atoms with Gasteiger partial charge in [-0.3, -0.25) is 4.79 Å². The lowest BCUT2D eigenvalue weighted by Crippen LogP contribution is -2.41. The first-order valence-electron chi connectivity index (χ1n) is 5.96. The van der Waals surface area contributed by atoms with E-state index in [-0.39, 0.29) is 11.9 Å². The minimum Gasteiger partial charge on any atom is -0.338 e. The molecule has 5 nitrogen and oxygen atoms in total. The number of amides is 1. The van der Waals surface area contributed by atoms with Gasteiger partial charge < -0.3 is 10.6 Å². The Hall–Kier alpha value is -1.49. The molecule has 0 aromatic carbocycles.